The lowest BCUT2D eigenvalue weighted by Crippen LogP contribution is -2.41. The van der Waals surface area contributed by atoms with Crippen LogP contribution in [0.4, 0.5) is 5.13 Å². The van der Waals surface area contributed by atoms with Crippen LogP contribution >= 0.6 is 11.3 Å². The van der Waals surface area contributed by atoms with Gasteiger partial charge in [0.05, 0.1) is 5.69 Å². The molecule has 0 aliphatic carbocycles. The number of aliphatic hydroxyl groups is 1. The van der Waals surface area contributed by atoms with Crippen LogP contribution in [0, 0.1) is 0 Å². The largest absolute Gasteiger partial charge is 0.372 e. The smallest absolute Gasteiger partial charge is 0.267 e. The highest BCUT2D eigenvalue weighted by Gasteiger charge is 2.40. The van der Waals surface area contributed by atoms with E-state index < -0.39 is 11.5 Å². The van der Waals surface area contributed by atoms with E-state index in [0.717, 1.165) is 5.56 Å². The van der Waals surface area contributed by atoms with Crippen LogP contribution < -0.4 is 10.8 Å². The molecule has 4 rings (SSSR count). The van der Waals surface area contributed by atoms with Crippen molar-refractivity contribution >= 4 is 35.7 Å². The SMILES string of the molecule is [B]c1cncc(-c2csc(NC(=O)C(O)(c3ccccc3)c3ccccc3)n2)c1. The number of benzene rings is 2. The van der Waals surface area contributed by atoms with Gasteiger partial charge < -0.3 is 5.11 Å². The van der Waals surface area contributed by atoms with Crippen LogP contribution in [0.5, 0.6) is 0 Å². The van der Waals surface area contributed by atoms with Gasteiger partial charge in [-0.3, -0.25) is 15.1 Å². The third-order valence-electron chi connectivity index (χ3n) is 4.49. The van der Waals surface area contributed by atoms with E-state index in [-0.39, 0.29) is 0 Å². The molecule has 0 saturated heterocycles. The van der Waals surface area contributed by atoms with Crippen LogP contribution in [0.25, 0.3) is 11.3 Å². The third kappa shape index (κ3) is 3.83. The number of amides is 1. The normalized spacial score (nSPS) is 11.2. The molecule has 1 amide bonds. The first-order valence-electron chi connectivity index (χ1n) is 8.88. The van der Waals surface area contributed by atoms with E-state index in [1.165, 1.54) is 11.3 Å². The number of anilines is 1. The van der Waals surface area contributed by atoms with Crippen molar-refractivity contribution in [2.75, 3.05) is 5.32 Å². The van der Waals surface area contributed by atoms with Gasteiger partial charge in [0.15, 0.2) is 10.7 Å². The van der Waals surface area contributed by atoms with Gasteiger partial charge in [0, 0.05) is 23.3 Å². The molecule has 140 valence electrons. The molecule has 0 bridgehead atoms. The molecular weight excluding hydrogens is 381 g/mol. The average Bonchev–Trinajstić information content (AvgIpc) is 3.23. The van der Waals surface area contributed by atoms with Gasteiger partial charge in [-0.25, -0.2) is 4.98 Å². The molecule has 0 unspecified atom stereocenters. The van der Waals surface area contributed by atoms with E-state index in [1.54, 1.807) is 72.4 Å². The topological polar surface area (TPSA) is 75.1 Å². The van der Waals surface area contributed by atoms with Gasteiger partial charge >= 0.3 is 0 Å². The summed E-state index contributed by atoms with van der Waals surface area (Å²) in [5.74, 6) is -0.582. The molecule has 0 atom stereocenters. The summed E-state index contributed by atoms with van der Waals surface area (Å²) >= 11 is 1.26. The minimum Gasteiger partial charge on any atom is -0.372 e. The molecule has 0 aliphatic rings. The maximum atomic E-state index is 13.2. The molecule has 0 spiro atoms. The van der Waals surface area contributed by atoms with Crippen LogP contribution in [-0.4, -0.2) is 28.8 Å². The zero-order chi connectivity index (χ0) is 20.3. The number of nitrogens with zero attached hydrogens (tertiary/aromatic N) is 2. The Kier molecular flexibility index (Phi) is 5.25. The average molecular weight is 397 g/mol. The number of aromatic nitrogens is 2. The van der Waals surface area contributed by atoms with Crippen molar-refractivity contribution in [3.63, 3.8) is 0 Å². The van der Waals surface area contributed by atoms with Gasteiger partial charge in [0.25, 0.3) is 5.91 Å². The Labute approximate surface area is 173 Å². The number of thiazole rings is 1. The van der Waals surface area contributed by atoms with E-state index in [2.05, 4.69) is 15.3 Å². The van der Waals surface area contributed by atoms with Crippen molar-refractivity contribution < 1.29 is 9.90 Å². The van der Waals surface area contributed by atoms with Crippen molar-refractivity contribution in [2.45, 2.75) is 5.60 Å². The fraction of sp³-hybridized carbons (Fsp3) is 0.0455. The first kappa shape index (κ1) is 19.0. The van der Waals surface area contributed by atoms with E-state index in [1.807, 2.05) is 12.1 Å². The second-order valence-electron chi connectivity index (χ2n) is 6.44. The predicted octanol–water partition coefficient (Wildman–Crippen LogP) is 2.87. The molecule has 4 aromatic rings. The molecule has 2 radical (unpaired) electrons. The van der Waals surface area contributed by atoms with Crippen LogP contribution in [-0.2, 0) is 10.4 Å². The highest BCUT2D eigenvalue weighted by molar-refractivity contribution is 7.14. The standard InChI is InChI=1S/C22H16BN3O2S/c23-18-11-15(12-24-13-18)19-14-29-21(25-19)26-20(27)22(28,16-7-3-1-4-8-16)17-9-5-2-6-10-17/h1-14,28H,(H,25,26,27). The Balaban J connectivity index is 1.66. The molecule has 2 aromatic carbocycles. The van der Waals surface area contributed by atoms with E-state index in [0.29, 0.717) is 27.4 Å². The molecule has 5 nitrogen and oxygen atoms in total. The number of rotatable bonds is 5. The van der Waals surface area contributed by atoms with Crippen molar-refractivity contribution in [1.82, 2.24) is 9.97 Å². The number of hydrogen-bond donors (Lipinski definition) is 2. The number of nitrogens with one attached hydrogen (secondary N) is 1. The Morgan fingerprint density at radius 3 is 2.21 bits per heavy atom. The monoisotopic (exact) mass is 397 g/mol. The second kappa shape index (κ2) is 7.99. The molecule has 29 heavy (non-hydrogen) atoms. The van der Waals surface area contributed by atoms with Gasteiger partial charge in [-0.05, 0) is 11.1 Å². The summed E-state index contributed by atoms with van der Waals surface area (Å²) in [7, 11) is 5.78. The van der Waals surface area contributed by atoms with Gasteiger partial charge in [0.1, 0.15) is 7.85 Å². The van der Waals surface area contributed by atoms with Crippen LogP contribution in [0.3, 0.4) is 0 Å². The van der Waals surface area contributed by atoms with Crippen molar-refractivity contribution in [3.8, 4) is 11.3 Å². The number of carbonyl (C=O) groups excluding carboxylic acids is 1. The summed E-state index contributed by atoms with van der Waals surface area (Å²) in [4.78, 5) is 21.7. The second-order valence-corrected chi connectivity index (χ2v) is 7.30. The van der Waals surface area contributed by atoms with Crippen molar-refractivity contribution in [3.05, 3.63) is 95.6 Å². The first-order valence-corrected chi connectivity index (χ1v) is 9.76. The highest BCUT2D eigenvalue weighted by Crippen LogP contribution is 2.32. The summed E-state index contributed by atoms with van der Waals surface area (Å²) in [5.41, 5.74) is 1.02. The lowest BCUT2D eigenvalue weighted by atomic mass is 9.85. The molecule has 0 fully saturated rings. The van der Waals surface area contributed by atoms with E-state index in [4.69, 9.17) is 7.85 Å². The van der Waals surface area contributed by atoms with Crippen LogP contribution in [0.2, 0.25) is 0 Å². The summed E-state index contributed by atoms with van der Waals surface area (Å²) in [5, 5.41) is 16.4. The number of hydrogen-bond acceptors (Lipinski definition) is 5. The van der Waals surface area contributed by atoms with Crippen LogP contribution in [0.1, 0.15) is 11.1 Å². The molecule has 0 aliphatic heterocycles. The Morgan fingerprint density at radius 2 is 1.62 bits per heavy atom. The number of pyridine rings is 1. The summed E-state index contributed by atoms with van der Waals surface area (Å²) in [6, 6.07) is 19.4. The molecule has 7 heteroatoms. The molecular formula is C22H16BN3O2S. The lowest BCUT2D eigenvalue weighted by Gasteiger charge is -2.27. The minimum absolute atomic E-state index is 0.373. The molecule has 2 N–H and O–H groups in total. The van der Waals surface area contributed by atoms with Gasteiger partial charge in [-0.15, -0.1) is 11.3 Å². The van der Waals surface area contributed by atoms with Gasteiger partial charge in [-0.2, -0.15) is 0 Å². The zero-order valence-electron chi connectivity index (χ0n) is 15.3. The maximum Gasteiger partial charge on any atom is 0.267 e. The van der Waals surface area contributed by atoms with Crippen molar-refractivity contribution in [1.29, 1.82) is 0 Å². The maximum absolute atomic E-state index is 13.2. The fourth-order valence-electron chi connectivity index (χ4n) is 3.04. The third-order valence-corrected chi connectivity index (χ3v) is 5.25. The van der Waals surface area contributed by atoms with Gasteiger partial charge in [0.2, 0.25) is 0 Å². The van der Waals surface area contributed by atoms with E-state index >= 15 is 0 Å². The summed E-state index contributed by atoms with van der Waals surface area (Å²) in [6.07, 6.45) is 3.21. The predicted molar refractivity (Wildman–Crippen MR) is 115 cm³/mol. The summed E-state index contributed by atoms with van der Waals surface area (Å²) < 4.78 is 0. The molecule has 2 aromatic heterocycles. The Hall–Kier alpha value is -3.29. The van der Waals surface area contributed by atoms with Gasteiger partial charge in [-0.1, -0.05) is 72.2 Å². The van der Waals surface area contributed by atoms with E-state index in [9.17, 15) is 9.90 Å². The Bertz CT molecular complexity index is 1090. The minimum atomic E-state index is -1.85. The Morgan fingerprint density at radius 1 is 1.00 bits per heavy atom. The van der Waals surface area contributed by atoms with Crippen molar-refractivity contribution in [2.24, 2.45) is 0 Å². The molecule has 2 heterocycles. The fourth-order valence-corrected chi connectivity index (χ4v) is 3.75. The quantitative estimate of drug-likeness (QED) is 0.508. The molecule has 0 saturated carbocycles. The number of carbonyl (C=O) groups is 1. The van der Waals surface area contributed by atoms with Crippen LogP contribution in [0.15, 0.2) is 84.5 Å². The first-order chi connectivity index (χ1) is 14.1. The zero-order valence-corrected chi connectivity index (χ0v) is 16.1. The highest BCUT2D eigenvalue weighted by atomic mass is 32.1. The summed E-state index contributed by atoms with van der Waals surface area (Å²) in [6.45, 7) is 0. The lowest BCUT2D eigenvalue weighted by molar-refractivity contribution is -0.131.